The van der Waals surface area contributed by atoms with Crippen LogP contribution in [0.4, 0.5) is 13.2 Å². The van der Waals surface area contributed by atoms with Crippen LogP contribution in [0.3, 0.4) is 0 Å². The van der Waals surface area contributed by atoms with Gasteiger partial charge >= 0.3 is 6.18 Å². The van der Waals surface area contributed by atoms with Crippen LogP contribution in [0.25, 0.3) is 16.8 Å². The second-order valence-electron chi connectivity index (χ2n) is 4.76. The van der Waals surface area contributed by atoms with Gasteiger partial charge in [-0.05, 0) is 34.9 Å². The van der Waals surface area contributed by atoms with E-state index in [1.54, 1.807) is 0 Å². The first kappa shape index (κ1) is 14.3. The van der Waals surface area contributed by atoms with Crippen molar-refractivity contribution in [2.24, 2.45) is 5.73 Å². The van der Waals surface area contributed by atoms with E-state index in [1.807, 2.05) is 0 Å². The van der Waals surface area contributed by atoms with Gasteiger partial charge in [0.1, 0.15) is 5.65 Å². The van der Waals surface area contributed by atoms with Crippen molar-refractivity contribution in [2.75, 3.05) is 0 Å². The van der Waals surface area contributed by atoms with Crippen molar-refractivity contribution >= 4 is 5.65 Å². The third kappa shape index (κ3) is 2.73. The molecule has 0 amide bonds. The molecule has 22 heavy (non-hydrogen) atoms. The smallest absolute Gasteiger partial charge is 0.346 e. The molecule has 114 valence electrons. The molecule has 2 aromatic rings. The zero-order valence-corrected chi connectivity index (χ0v) is 11.2. The predicted octanol–water partition coefficient (Wildman–Crippen LogP) is 2.17. The minimum absolute atomic E-state index is 0.0184. The molecule has 3 N–H and O–H groups in total. The Morgan fingerprint density at radius 2 is 1.86 bits per heavy atom. The summed E-state index contributed by atoms with van der Waals surface area (Å²) in [4.78, 5) is 13.5. The summed E-state index contributed by atoms with van der Waals surface area (Å²) in [6, 6.07) is 8.30. The fraction of sp³-hybridized carbons (Fsp3) is 0.143. The summed E-state index contributed by atoms with van der Waals surface area (Å²) in [6.07, 6.45) is -3.27. The molecule has 0 aliphatic heterocycles. The topological polar surface area (TPSA) is 76.2 Å². The molecule has 0 saturated heterocycles. The van der Waals surface area contributed by atoms with Gasteiger partial charge in [-0.25, -0.2) is 0 Å². The highest BCUT2D eigenvalue weighted by Crippen LogP contribution is 2.35. The van der Waals surface area contributed by atoms with E-state index in [0.717, 1.165) is 12.1 Å². The van der Waals surface area contributed by atoms with E-state index < -0.39 is 17.4 Å². The summed E-state index contributed by atoms with van der Waals surface area (Å²) in [5.74, 6) is 0. The number of hydrogen-bond acceptors (Lipinski definition) is 3. The number of fused-ring (bicyclic) bond motifs is 2. The van der Waals surface area contributed by atoms with Gasteiger partial charge in [-0.3, -0.25) is 4.79 Å². The van der Waals surface area contributed by atoms with Crippen LogP contribution in [-0.2, 0) is 12.7 Å². The van der Waals surface area contributed by atoms with Crippen molar-refractivity contribution < 1.29 is 13.2 Å². The number of H-pyrrole nitrogens is 1. The summed E-state index contributed by atoms with van der Waals surface area (Å²) in [5, 5.41) is 3.13. The van der Waals surface area contributed by atoms with Gasteiger partial charge in [0.15, 0.2) is 5.69 Å². The zero-order valence-electron chi connectivity index (χ0n) is 11.2. The van der Waals surface area contributed by atoms with Gasteiger partial charge in [0, 0.05) is 24.9 Å². The highest BCUT2D eigenvalue weighted by Gasteiger charge is 2.34. The lowest BCUT2D eigenvalue weighted by atomic mass is 10.3. The molecular formula is C14H11F3N4O. The number of halogens is 3. The van der Waals surface area contributed by atoms with E-state index in [9.17, 15) is 18.0 Å². The molecular weight excluding hydrogens is 297 g/mol. The Balaban J connectivity index is 0.000000151. The van der Waals surface area contributed by atoms with Crippen LogP contribution < -0.4 is 11.3 Å². The second-order valence-corrected chi connectivity index (χ2v) is 4.76. The Bertz CT molecular complexity index is 875. The number of alkyl halides is 3. The largest absolute Gasteiger partial charge is 0.435 e. The molecule has 8 heteroatoms. The highest BCUT2D eigenvalue weighted by molar-refractivity contribution is 5.82. The fourth-order valence-electron chi connectivity index (χ4n) is 2.00. The van der Waals surface area contributed by atoms with E-state index in [4.69, 9.17) is 5.73 Å². The molecule has 2 aromatic heterocycles. The highest BCUT2D eigenvalue weighted by atomic mass is 19.4. The summed E-state index contributed by atoms with van der Waals surface area (Å²) in [7, 11) is 0. The number of benzene rings is 1. The molecule has 2 heterocycles. The lowest BCUT2D eigenvalue weighted by Gasteiger charge is -1.98. The van der Waals surface area contributed by atoms with Gasteiger partial charge < -0.3 is 10.7 Å². The minimum atomic E-state index is -4.54. The number of rotatable bonds is 1. The van der Waals surface area contributed by atoms with Gasteiger partial charge in [-0.2, -0.15) is 22.8 Å². The Morgan fingerprint density at radius 1 is 1.18 bits per heavy atom. The molecule has 4 rings (SSSR count). The predicted molar refractivity (Wildman–Crippen MR) is 74.1 cm³/mol. The van der Waals surface area contributed by atoms with Crippen LogP contribution in [0.2, 0.25) is 0 Å². The molecule has 5 nitrogen and oxygen atoms in total. The molecule has 0 spiro atoms. The van der Waals surface area contributed by atoms with Gasteiger partial charge in [-0.1, -0.05) is 0 Å². The van der Waals surface area contributed by atoms with Crippen LogP contribution >= 0.6 is 0 Å². The monoisotopic (exact) mass is 308 g/mol. The van der Waals surface area contributed by atoms with Crippen LogP contribution in [-0.4, -0.2) is 14.6 Å². The number of aromatic amines is 1. The molecule has 0 atom stereocenters. The SMILES string of the molecule is NCc1cc2cc-2c1.O=c1cc[nH]c2cc(C(F)(F)F)nn12. The number of aromatic nitrogens is 3. The van der Waals surface area contributed by atoms with Crippen molar-refractivity contribution in [1.82, 2.24) is 14.6 Å². The van der Waals surface area contributed by atoms with Crippen molar-refractivity contribution in [3.63, 3.8) is 0 Å². The zero-order chi connectivity index (χ0) is 15.9. The van der Waals surface area contributed by atoms with Crippen molar-refractivity contribution in [3.05, 3.63) is 58.1 Å². The Morgan fingerprint density at radius 3 is 2.36 bits per heavy atom. The molecule has 0 unspecified atom stereocenters. The molecule has 0 fully saturated rings. The van der Waals surface area contributed by atoms with E-state index >= 15 is 0 Å². The third-order valence-corrected chi connectivity index (χ3v) is 3.14. The number of nitrogens with one attached hydrogen (secondary N) is 1. The first-order valence-electron chi connectivity index (χ1n) is 6.37. The summed E-state index contributed by atoms with van der Waals surface area (Å²) < 4.78 is 37.2. The molecule has 0 bridgehead atoms. The number of nitrogens with two attached hydrogens (primary N) is 1. The van der Waals surface area contributed by atoms with Crippen molar-refractivity contribution in [3.8, 4) is 11.1 Å². The first-order valence-corrected chi connectivity index (χ1v) is 6.37. The average Bonchev–Trinajstić information content (AvgIpc) is 2.91. The number of nitrogens with zero attached hydrogens (tertiary/aromatic N) is 2. The summed E-state index contributed by atoms with van der Waals surface area (Å²) >= 11 is 0. The minimum Gasteiger partial charge on any atom is -0.346 e. The van der Waals surface area contributed by atoms with Gasteiger partial charge in [-0.15, -0.1) is 0 Å². The van der Waals surface area contributed by atoms with Gasteiger partial charge in [0.05, 0.1) is 0 Å². The van der Waals surface area contributed by atoms with Crippen LogP contribution in [0.5, 0.6) is 0 Å². The normalized spacial score (nSPS) is 12.0. The fourth-order valence-corrected chi connectivity index (χ4v) is 2.00. The third-order valence-electron chi connectivity index (χ3n) is 3.14. The van der Waals surface area contributed by atoms with Crippen LogP contribution in [0.1, 0.15) is 11.3 Å². The lowest BCUT2D eigenvalue weighted by molar-refractivity contribution is -0.141. The maximum Gasteiger partial charge on any atom is 0.435 e. The van der Waals surface area contributed by atoms with Crippen LogP contribution in [0.15, 0.2) is 41.3 Å². The molecule has 0 radical (unpaired) electrons. The Labute approximate surface area is 122 Å². The lowest BCUT2D eigenvalue weighted by Crippen LogP contribution is -2.14. The van der Waals surface area contributed by atoms with E-state index in [1.165, 1.54) is 22.9 Å². The van der Waals surface area contributed by atoms with Gasteiger partial charge in [0.2, 0.25) is 0 Å². The molecule has 2 aliphatic rings. The first-order chi connectivity index (χ1) is 10.4. The van der Waals surface area contributed by atoms with Crippen LogP contribution in [0, 0.1) is 0 Å². The van der Waals surface area contributed by atoms with Crippen molar-refractivity contribution in [1.29, 1.82) is 0 Å². The second kappa shape index (κ2) is 4.99. The van der Waals surface area contributed by atoms with E-state index in [-0.39, 0.29) is 5.65 Å². The Kier molecular flexibility index (Phi) is 3.25. The average molecular weight is 308 g/mol. The standard InChI is InChI=1S/C7H4F3N3O.C7H7N/c8-7(9,10)4-3-5-11-2-1-6(14)13(5)12-4;8-4-5-1-6-3-7(6)2-5/h1-3,11H;1-3H,4,8H2. The maximum atomic E-state index is 12.2. The quantitative estimate of drug-likeness (QED) is 0.566. The molecule has 0 aromatic carbocycles. The van der Waals surface area contributed by atoms with E-state index in [2.05, 4.69) is 28.3 Å². The molecule has 2 aliphatic carbocycles. The van der Waals surface area contributed by atoms with E-state index in [0.29, 0.717) is 11.1 Å². The maximum absolute atomic E-state index is 12.2. The summed E-state index contributed by atoms with van der Waals surface area (Å²) in [5.41, 5.74) is 7.73. The van der Waals surface area contributed by atoms with Crippen molar-refractivity contribution in [2.45, 2.75) is 12.7 Å². The number of hydrogen-bond donors (Lipinski definition) is 2. The summed E-state index contributed by atoms with van der Waals surface area (Å²) in [6.45, 7) is 0.681. The Hall–Kier alpha value is -2.61. The van der Waals surface area contributed by atoms with Gasteiger partial charge in [0.25, 0.3) is 5.56 Å². The molecule has 0 saturated carbocycles.